The van der Waals surface area contributed by atoms with Crippen LogP contribution in [-0.4, -0.2) is 45.3 Å². The monoisotopic (exact) mass is 516 g/mol. The van der Waals surface area contributed by atoms with Crippen LogP contribution in [0.5, 0.6) is 0 Å². The average molecular weight is 517 g/mol. The van der Waals surface area contributed by atoms with Crippen LogP contribution in [0.1, 0.15) is 84.3 Å². The summed E-state index contributed by atoms with van der Waals surface area (Å²) >= 11 is 1.42. The molecule has 198 valence electrons. The van der Waals surface area contributed by atoms with E-state index in [-0.39, 0.29) is 24.7 Å². The number of aliphatic hydroxyl groups excluding tert-OH is 2. The van der Waals surface area contributed by atoms with E-state index in [9.17, 15) is 19.8 Å². The molecular formula is C28H40N2O5S. The number of allylic oxidation sites excluding steroid dienone is 1. The standard InChI is InChI=1S/C28H40N2O5S/c1-17-9-8-10-18(2)26(33)20(4)27(34)28(5,6)23(31)14-25(32)35-22(12-11-17)19(3)13-21-16-36-24(30-21)15-29-7/h11,13,16,18,20,22-23,26,31,33H,8-10,12,14-15H2,1-6H3/b17-11-,19-13+/t18-,20+,22-,23?,26?/m0/s1. The summed E-state index contributed by atoms with van der Waals surface area (Å²) in [5, 5.41) is 24.2. The molecule has 0 radical (unpaired) electrons. The number of carbonyl (C=O) groups excluding carboxylic acids is 2. The highest BCUT2D eigenvalue weighted by Crippen LogP contribution is 2.32. The van der Waals surface area contributed by atoms with Crippen LogP contribution >= 0.6 is 11.3 Å². The lowest BCUT2D eigenvalue weighted by Gasteiger charge is -2.34. The van der Waals surface area contributed by atoms with Crippen LogP contribution in [0.2, 0.25) is 0 Å². The van der Waals surface area contributed by atoms with Crippen molar-refractivity contribution in [3.8, 4) is 0 Å². The Morgan fingerprint density at radius 2 is 2.03 bits per heavy atom. The fourth-order valence-electron chi connectivity index (χ4n) is 4.49. The van der Waals surface area contributed by atoms with E-state index in [0.717, 1.165) is 35.4 Å². The summed E-state index contributed by atoms with van der Waals surface area (Å²) in [5.41, 5.74) is 1.47. The first-order valence-corrected chi connectivity index (χ1v) is 13.5. The largest absolute Gasteiger partial charge is 0.457 e. The molecule has 1 aromatic heterocycles. The lowest BCUT2D eigenvalue weighted by atomic mass is 9.73. The van der Waals surface area contributed by atoms with Gasteiger partial charge in [-0.05, 0) is 50.7 Å². The highest BCUT2D eigenvalue weighted by Gasteiger charge is 2.42. The molecule has 2 heterocycles. The molecule has 1 aliphatic heterocycles. The first kappa shape index (κ1) is 29.9. The summed E-state index contributed by atoms with van der Waals surface area (Å²) in [5.74, 6) is -1.58. The number of Topliss-reactive ketones (excluding diaryl/α,β-unsaturated/α-hetero) is 1. The van der Waals surface area contributed by atoms with Gasteiger partial charge in [-0.1, -0.05) is 39.3 Å². The number of aliphatic hydroxyl groups is 2. The number of thiazole rings is 1. The Morgan fingerprint density at radius 1 is 1.33 bits per heavy atom. The van der Waals surface area contributed by atoms with Gasteiger partial charge >= 0.3 is 5.97 Å². The number of hydrogen-bond acceptors (Lipinski definition) is 7. The minimum atomic E-state index is -1.24. The second-order valence-corrected chi connectivity index (χ2v) is 11.5. The van der Waals surface area contributed by atoms with E-state index < -0.39 is 35.6 Å². The van der Waals surface area contributed by atoms with Crippen molar-refractivity contribution < 1.29 is 24.5 Å². The van der Waals surface area contributed by atoms with Crippen molar-refractivity contribution in [2.24, 2.45) is 17.3 Å². The van der Waals surface area contributed by atoms with Crippen molar-refractivity contribution >= 4 is 29.2 Å². The summed E-state index contributed by atoms with van der Waals surface area (Å²) in [4.78, 5) is 33.9. The first-order valence-electron chi connectivity index (χ1n) is 12.6. The third-order valence-electron chi connectivity index (χ3n) is 7.19. The minimum Gasteiger partial charge on any atom is -0.457 e. The molecule has 0 aliphatic carbocycles. The second kappa shape index (κ2) is 13.3. The highest BCUT2D eigenvalue weighted by atomic mass is 32.1. The first-order chi connectivity index (χ1) is 16.9. The Morgan fingerprint density at radius 3 is 2.69 bits per heavy atom. The summed E-state index contributed by atoms with van der Waals surface area (Å²) in [6, 6.07) is 0. The van der Waals surface area contributed by atoms with Gasteiger partial charge in [0.2, 0.25) is 0 Å². The van der Waals surface area contributed by atoms with Gasteiger partial charge in [-0.2, -0.15) is 0 Å². The molecule has 0 spiro atoms. The second-order valence-electron chi connectivity index (χ2n) is 10.6. The maximum absolute atomic E-state index is 13.2. The Bertz CT molecular complexity index is 1020. The Kier molecular flexibility index (Phi) is 11.0. The number of aromatic nitrogens is 1. The predicted molar refractivity (Wildman–Crippen MR) is 142 cm³/mol. The molecule has 0 saturated carbocycles. The normalized spacial score (nSPS) is 30.7. The highest BCUT2D eigenvalue weighted by molar-refractivity contribution is 7.09. The van der Waals surface area contributed by atoms with Crippen LogP contribution in [0.3, 0.4) is 0 Å². The number of esters is 1. The smallest absolute Gasteiger partial charge is 0.309 e. The zero-order valence-electron chi connectivity index (χ0n) is 22.3. The van der Waals surface area contributed by atoms with Gasteiger partial charge in [-0.3, -0.25) is 9.59 Å². The minimum absolute atomic E-state index is 0.0636. The maximum Gasteiger partial charge on any atom is 0.309 e. The van der Waals surface area contributed by atoms with Crippen molar-refractivity contribution in [1.82, 2.24) is 4.98 Å². The van der Waals surface area contributed by atoms with E-state index in [0.29, 0.717) is 12.1 Å². The number of rotatable bonds is 3. The summed E-state index contributed by atoms with van der Waals surface area (Å²) in [6.07, 6.45) is 3.98. The molecule has 0 bridgehead atoms. The summed E-state index contributed by atoms with van der Waals surface area (Å²) in [7, 11) is 0. The van der Waals surface area contributed by atoms with E-state index in [4.69, 9.17) is 11.3 Å². The Balaban J connectivity index is 2.33. The summed E-state index contributed by atoms with van der Waals surface area (Å²) < 4.78 is 5.81. The van der Waals surface area contributed by atoms with Gasteiger partial charge in [0.1, 0.15) is 11.9 Å². The van der Waals surface area contributed by atoms with Crippen molar-refractivity contribution in [3.63, 3.8) is 0 Å². The molecule has 8 heteroatoms. The van der Waals surface area contributed by atoms with Crippen LogP contribution in [0, 0.1) is 23.8 Å². The summed E-state index contributed by atoms with van der Waals surface area (Å²) in [6.45, 7) is 18.0. The van der Waals surface area contributed by atoms with E-state index >= 15 is 0 Å². The molecule has 2 rings (SSSR count). The number of nitrogens with zero attached hydrogens (tertiary/aromatic N) is 2. The van der Waals surface area contributed by atoms with Gasteiger partial charge in [0.15, 0.2) is 5.01 Å². The lowest BCUT2D eigenvalue weighted by Crippen LogP contribution is -2.45. The van der Waals surface area contributed by atoms with Crippen LogP contribution in [-0.2, 0) is 20.9 Å². The molecule has 2 unspecified atom stereocenters. The van der Waals surface area contributed by atoms with Gasteiger partial charge in [0.25, 0.3) is 6.54 Å². The number of ether oxygens (including phenoxy) is 1. The van der Waals surface area contributed by atoms with E-state index in [1.165, 1.54) is 11.3 Å². The zero-order valence-corrected chi connectivity index (χ0v) is 23.1. The molecule has 0 saturated heterocycles. The Labute approximate surface area is 219 Å². The van der Waals surface area contributed by atoms with Crippen LogP contribution in [0.15, 0.2) is 22.6 Å². The molecule has 0 amide bonds. The van der Waals surface area contributed by atoms with Crippen molar-refractivity contribution in [2.45, 2.75) is 98.5 Å². The third-order valence-corrected chi connectivity index (χ3v) is 8.04. The number of cyclic esters (lactones) is 1. The number of hydrogen-bond donors (Lipinski definition) is 2. The van der Waals surface area contributed by atoms with E-state index in [1.807, 2.05) is 32.2 Å². The molecule has 1 aromatic rings. The van der Waals surface area contributed by atoms with E-state index in [2.05, 4.69) is 15.9 Å². The van der Waals surface area contributed by atoms with E-state index in [1.54, 1.807) is 20.8 Å². The predicted octanol–water partition coefficient (Wildman–Crippen LogP) is 5.38. The molecule has 36 heavy (non-hydrogen) atoms. The van der Waals surface area contributed by atoms with Gasteiger partial charge in [-0.25, -0.2) is 11.6 Å². The molecule has 2 N–H and O–H groups in total. The van der Waals surface area contributed by atoms with Gasteiger partial charge in [-0.15, -0.1) is 11.3 Å². The zero-order chi connectivity index (χ0) is 27.0. The van der Waals surface area contributed by atoms with Gasteiger partial charge in [0.05, 0.1) is 29.7 Å². The fourth-order valence-corrected chi connectivity index (χ4v) is 5.16. The molecule has 0 aromatic carbocycles. The van der Waals surface area contributed by atoms with Crippen molar-refractivity contribution in [2.75, 3.05) is 0 Å². The van der Waals surface area contributed by atoms with Crippen molar-refractivity contribution in [3.05, 3.63) is 44.7 Å². The number of carbonyl (C=O) groups is 2. The molecule has 0 fully saturated rings. The van der Waals surface area contributed by atoms with Crippen LogP contribution in [0.25, 0.3) is 10.9 Å². The SMILES string of the molecule is [C-]#[N+]Cc1nc(/C=C(\C)[C@@H]2C/C=C(/C)CCC[C@H](C)C(O)[C@@H](C)C(=O)C(C)(C)C(O)CC(=O)O2)cs1. The van der Waals surface area contributed by atoms with Crippen LogP contribution < -0.4 is 0 Å². The third kappa shape index (κ3) is 8.09. The molecular weight excluding hydrogens is 476 g/mol. The fraction of sp³-hybridized carbons (Fsp3) is 0.643. The van der Waals surface area contributed by atoms with Crippen molar-refractivity contribution in [1.29, 1.82) is 0 Å². The Hall–Kier alpha value is -2.34. The number of ketones is 1. The molecule has 1 aliphatic rings. The maximum atomic E-state index is 13.2. The topological polar surface area (TPSA) is 101 Å². The average Bonchev–Trinajstić information content (AvgIpc) is 3.26. The molecule has 7 nitrogen and oxygen atoms in total. The molecule has 5 atom stereocenters. The van der Waals surface area contributed by atoms with Gasteiger partial charge < -0.3 is 19.8 Å². The quantitative estimate of drug-likeness (QED) is 0.318. The van der Waals surface area contributed by atoms with Crippen LogP contribution in [0.4, 0.5) is 0 Å². The lowest BCUT2D eigenvalue weighted by molar-refractivity contribution is -0.154. The van der Waals surface area contributed by atoms with Gasteiger partial charge in [0, 0.05) is 17.7 Å².